The van der Waals surface area contributed by atoms with Crippen molar-refractivity contribution in [2.24, 2.45) is 7.05 Å². The van der Waals surface area contributed by atoms with E-state index < -0.39 is 6.04 Å². The van der Waals surface area contributed by atoms with Crippen LogP contribution in [0.2, 0.25) is 0 Å². The molecule has 0 aliphatic carbocycles. The van der Waals surface area contributed by atoms with Gasteiger partial charge in [-0.3, -0.25) is 19.1 Å². The summed E-state index contributed by atoms with van der Waals surface area (Å²) >= 11 is 0. The summed E-state index contributed by atoms with van der Waals surface area (Å²) in [6.45, 7) is 4.88. The van der Waals surface area contributed by atoms with Crippen molar-refractivity contribution in [2.75, 3.05) is 23.1 Å². The zero-order valence-electron chi connectivity index (χ0n) is 18.7. The van der Waals surface area contributed by atoms with Crippen LogP contribution in [0.15, 0.2) is 53.3 Å². The minimum atomic E-state index is -0.720. The van der Waals surface area contributed by atoms with Gasteiger partial charge in [-0.2, -0.15) is 0 Å². The zero-order chi connectivity index (χ0) is 23.4. The Labute approximate surface area is 186 Å². The predicted octanol–water partition coefficient (Wildman–Crippen LogP) is 2.89. The summed E-state index contributed by atoms with van der Waals surface area (Å²) in [5.41, 5.74) is 2.46. The Morgan fingerprint density at radius 1 is 1.06 bits per heavy atom. The van der Waals surface area contributed by atoms with Crippen molar-refractivity contribution in [2.45, 2.75) is 26.8 Å². The number of amides is 2. The maximum Gasteiger partial charge on any atom is 0.295 e. The average Bonchev–Trinajstić information content (AvgIpc) is 2.97. The first-order chi connectivity index (χ1) is 15.2. The van der Waals surface area contributed by atoms with Gasteiger partial charge in [-0.25, -0.2) is 4.68 Å². The second-order valence-electron chi connectivity index (χ2n) is 7.39. The van der Waals surface area contributed by atoms with Crippen molar-refractivity contribution in [3.8, 4) is 11.4 Å². The summed E-state index contributed by atoms with van der Waals surface area (Å²) in [7, 11) is 3.28. The largest absolute Gasteiger partial charge is 0.495 e. The number of hydrogen-bond donors (Lipinski definition) is 3. The van der Waals surface area contributed by atoms with Crippen LogP contribution in [-0.4, -0.2) is 34.3 Å². The van der Waals surface area contributed by atoms with E-state index in [-0.39, 0.29) is 17.4 Å². The van der Waals surface area contributed by atoms with Crippen LogP contribution >= 0.6 is 0 Å². The van der Waals surface area contributed by atoms with Gasteiger partial charge in [0.05, 0.1) is 24.2 Å². The number of nitrogens with zero attached hydrogens (tertiary/aromatic N) is 2. The quantitative estimate of drug-likeness (QED) is 0.527. The highest BCUT2D eigenvalue weighted by molar-refractivity contribution is 5.98. The number of hydrogen-bond acceptors (Lipinski definition) is 5. The second kappa shape index (κ2) is 9.42. The summed E-state index contributed by atoms with van der Waals surface area (Å²) < 4.78 is 8.59. The van der Waals surface area contributed by atoms with E-state index in [2.05, 4.69) is 16.0 Å². The highest BCUT2D eigenvalue weighted by Crippen LogP contribution is 2.28. The molecule has 0 radical (unpaired) electrons. The topological polar surface area (TPSA) is 106 Å². The fourth-order valence-corrected chi connectivity index (χ4v) is 3.34. The van der Waals surface area contributed by atoms with E-state index in [4.69, 9.17) is 4.74 Å². The molecule has 1 unspecified atom stereocenters. The van der Waals surface area contributed by atoms with Crippen molar-refractivity contribution < 1.29 is 14.3 Å². The molecule has 1 aromatic heterocycles. The van der Waals surface area contributed by atoms with Crippen molar-refractivity contribution in [1.29, 1.82) is 0 Å². The fourth-order valence-electron chi connectivity index (χ4n) is 3.34. The number of carbonyl (C=O) groups is 2. The third kappa shape index (κ3) is 4.66. The Bertz CT molecular complexity index is 1200. The molecular weight excluding hydrogens is 410 g/mol. The molecule has 2 amide bonds. The number of benzene rings is 2. The number of rotatable bonds is 7. The lowest BCUT2D eigenvalue weighted by Crippen LogP contribution is -2.34. The highest BCUT2D eigenvalue weighted by atomic mass is 16.5. The molecule has 32 heavy (non-hydrogen) atoms. The number of anilines is 3. The molecule has 3 N–H and O–H groups in total. The lowest BCUT2D eigenvalue weighted by atomic mass is 10.2. The molecule has 0 bridgehead atoms. The SMILES string of the molecule is COc1ccc(NC(C)=O)cc1NC(=O)C(C)Nc1c(C)n(C)n(-c2ccccc2)c1=O. The number of para-hydroxylation sites is 1. The lowest BCUT2D eigenvalue weighted by molar-refractivity contribution is -0.116. The van der Waals surface area contributed by atoms with Crippen LogP contribution in [-0.2, 0) is 16.6 Å². The van der Waals surface area contributed by atoms with Crippen molar-refractivity contribution in [1.82, 2.24) is 9.36 Å². The van der Waals surface area contributed by atoms with Crippen LogP contribution in [0.5, 0.6) is 5.75 Å². The maximum absolute atomic E-state index is 13.1. The molecule has 0 aliphatic rings. The number of nitrogens with one attached hydrogen (secondary N) is 3. The van der Waals surface area contributed by atoms with Gasteiger partial charge in [-0.15, -0.1) is 0 Å². The number of aromatic nitrogens is 2. The molecule has 9 nitrogen and oxygen atoms in total. The van der Waals surface area contributed by atoms with Gasteiger partial charge in [0.2, 0.25) is 11.8 Å². The van der Waals surface area contributed by atoms with Gasteiger partial charge in [-0.1, -0.05) is 18.2 Å². The Morgan fingerprint density at radius 2 is 1.75 bits per heavy atom. The minimum Gasteiger partial charge on any atom is -0.495 e. The standard InChI is InChI=1S/C23H27N5O4/c1-14(22(30)26-19-13-17(25-16(3)29)11-12-20(19)32-5)24-21-15(2)27(4)28(23(21)31)18-9-7-6-8-10-18/h6-14,24H,1-5H3,(H,25,29)(H,26,30). The first kappa shape index (κ1) is 22.7. The van der Waals surface area contributed by atoms with Crippen molar-refractivity contribution in [3.63, 3.8) is 0 Å². The van der Waals surface area contributed by atoms with E-state index in [9.17, 15) is 14.4 Å². The Hall–Kier alpha value is -4.01. The Morgan fingerprint density at radius 3 is 2.38 bits per heavy atom. The third-order valence-corrected chi connectivity index (χ3v) is 5.09. The first-order valence-electron chi connectivity index (χ1n) is 10.1. The van der Waals surface area contributed by atoms with Gasteiger partial charge in [0.25, 0.3) is 5.56 Å². The number of methoxy groups -OCH3 is 1. The molecule has 3 rings (SSSR count). The summed E-state index contributed by atoms with van der Waals surface area (Å²) in [5.74, 6) is -0.143. The molecule has 0 fully saturated rings. The molecule has 0 spiro atoms. The summed E-state index contributed by atoms with van der Waals surface area (Å²) in [6, 6.07) is 13.5. The van der Waals surface area contributed by atoms with Crippen molar-refractivity contribution in [3.05, 3.63) is 64.6 Å². The van der Waals surface area contributed by atoms with Gasteiger partial charge in [-0.05, 0) is 44.2 Å². The summed E-state index contributed by atoms with van der Waals surface area (Å²) in [6.07, 6.45) is 0. The lowest BCUT2D eigenvalue weighted by Gasteiger charge is -2.17. The number of carbonyl (C=O) groups excluding carboxylic acids is 2. The molecule has 0 aliphatic heterocycles. The normalized spacial score (nSPS) is 11.5. The molecule has 0 saturated carbocycles. The van der Waals surface area contributed by atoms with E-state index in [1.54, 1.807) is 41.5 Å². The molecule has 1 atom stereocenters. The first-order valence-corrected chi connectivity index (χ1v) is 10.1. The monoisotopic (exact) mass is 437 g/mol. The molecule has 2 aromatic carbocycles. The highest BCUT2D eigenvalue weighted by Gasteiger charge is 2.21. The minimum absolute atomic E-state index is 0.225. The van der Waals surface area contributed by atoms with Crippen molar-refractivity contribution >= 4 is 28.9 Å². The van der Waals surface area contributed by atoms with Gasteiger partial charge in [0.1, 0.15) is 17.5 Å². The van der Waals surface area contributed by atoms with Gasteiger partial charge < -0.3 is 20.7 Å². The van der Waals surface area contributed by atoms with Gasteiger partial charge in [0.15, 0.2) is 0 Å². The van der Waals surface area contributed by atoms with E-state index in [0.717, 1.165) is 5.69 Å². The average molecular weight is 438 g/mol. The van der Waals surface area contributed by atoms with Crippen LogP contribution < -0.4 is 26.2 Å². The fraction of sp³-hybridized carbons (Fsp3) is 0.261. The van der Waals surface area contributed by atoms with Crippen LogP contribution in [0.4, 0.5) is 17.1 Å². The van der Waals surface area contributed by atoms with E-state index in [0.29, 0.717) is 28.5 Å². The van der Waals surface area contributed by atoms with E-state index >= 15 is 0 Å². The molecule has 168 valence electrons. The number of ether oxygens (including phenoxy) is 1. The molecule has 3 aromatic rings. The molecule has 1 heterocycles. The second-order valence-corrected chi connectivity index (χ2v) is 7.39. The summed E-state index contributed by atoms with van der Waals surface area (Å²) in [4.78, 5) is 37.3. The smallest absolute Gasteiger partial charge is 0.295 e. The van der Waals surface area contributed by atoms with E-state index in [1.807, 2.05) is 37.3 Å². The molecule has 0 saturated heterocycles. The maximum atomic E-state index is 13.1. The van der Waals surface area contributed by atoms with Crippen LogP contribution in [0.3, 0.4) is 0 Å². The third-order valence-electron chi connectivity index (χ3n) is 5.09. The van der Waals surface area contributed by atoms with Crippen LogP contribution in [0.1, 0.15) is 19.5 Å². The molecular formula is C23H27N5O4. The predicted molar refractivity (Wildman–Crippen MR) is 125 cm³/mol. The Kier molecular flexibility index (Phi) is 6.67. The molecule has 9 heteroatoms. The Balaban J connectivity index is 1.83. The van der Waals surface area contributed by atoms with Gasteiger partial charge >= 0.3 is 0 Å². The zero-order valence-corrected chi connectivity index (χ0v) is 18.7. The van der Waals surface area contributed by atoms with E-state index in [1.165, 1.54) is 14.0 Å². The summed E-state index contributed by atoms with van der Waals surface area (Å²) in [5, 5.41) is 8.50. The van der Waals surface area contributed by atoms with Crippen LogP contribution in [0, 0.1) is 6.92 Å². The van der Waals surface area contributed by atoms with Gasteiger partial charge in [0, 0.05) is 19.7 Å². The van der Waals surface area contributed by atoms with Crippen LogP contribution in [0.25, 0.3) is 5.69 Å².